The molecule has 0 saturated carbocycles. The molecule has 0 aliphatic carbocycles. The topological polar surface area (TPSA) is 75.0 Å². The van der Waals surface area contributed by atoms with E-state index in [2.05, 4.69) is 10.2 Å². The molecule has 0 radical (unpaired) electrons. The summed E-state index contributed by atoms with van der Waals surface area (Å²) in [6.07, 6.45) is 1.57. The van der Waals surface area contributed by atoms with E-state index in [1.165, 1.54) is 6.26 Å². The van der Waals surface area contributed by atoms with Crippen LogP contribution >= 0.6 is 11.6 Å². The second-order valence-electron chi connectivity index (χ2n) is 8.07. The van der Waals surface area contributed by atoms with Crippen molar-refractivity contribution in [1.82, 2.24) is 4.90 Å². The van der Waals surface area contributed by atoms with Crippen LogP contribution in [-0.2, 0) is 0 Å². The van der Waals surface area contributed by atoms with Crippen LogP contribution in [0.15, 0.2) is 65.3 Å². The molecule has 8 heteroatoms. The number of nitrogens with one attached hydrogen (secondary N) is 1. The molecule has 1 aliphatic heterocycles. The second-order valence-corrected chi connectivity index (χ2v) is 8.48. The summed E-state index contributed by atoms with van der Waals surface area (Å²) in [5.41, 5.74) is 2.02. The van der Waals surface area contributed by atoms with Gasteiger partial charge in [-0.15, -0.1) is 0 Å². The summed E-state index contributed by atoms with van der Waals surface area (Å²) < 4.78 is 10.8. The molecular formula is C25H26ClN3O4. The van der Waals surface area contributed by atoms with Gasteiger partial charge in [-0.2, -0.15) is 0 Å². The largest absolute Gasteiger partial charge is 0.491 e. The molecule has 7 nitrogen and oxygen atoms in total. The lowest BCUT2D eigenvalue weighted by Crippen LogP contribution is -2.48. The average Bonchev–Trinajstić information content (AvgIpc) is 3.34. The van der Waals surface area contributed by atoms with Gasteiger partial charge in [0.2, 0.25) is 0 Å². The minimum absolute atomic E-state index is 0.0739. The predicted octanol–water partition coefficient (Wildman–Crippen LogP) is 4.93. The molecule has 0 unspecified atom stereocenters. The SMILES string of the molecule is CC(C)Oc1ccc(C(=O)Nc2ccc(N3CCN(C(=O)c4ccco4)CC3)c(Cl)c2)cc1. The summed E-state index contributed by atoms with van der Waals surface area (Å²) in [6.45, 7) is 6.36. The zero-order valence-corrected chi connectivity index (χ0v) is 19.3. The monoisotopic (exact) mass is 467 g/mol. The molecular weight excluding hydrogens is 442 g/mol. The molecule has 1 N–H and O–H groups in total. The molecule has 0 atom stereocenters. The Morgan fingerprint density at radius 1 is 1.03 bits per heavy atom. The summed E-state index contributed by atoms with van der Waals surface area (Å²) in [7, 11) is 0. The molecule has 3 aromatic rings. The number of halogens is 1. The van der Waals surface area contributed by atoms with Gasteiger partial charge in [-0.1, -0.05) is 11.6 Å². The molecule has 1 fully saturated rings. The van der Waals surface area contributed by atoms with Crippen LogP contribution in [0.25, 0.3) is 0 Å². The number of amides is 2. The standard InChI is InChI=1S/C25H26ClN3O4/c1-17(2)33-20-8-5-18(6-9-20)24(30)27-19-7-10-22(21(26)16-19)28-11-13-29(14-12-28)25(31)23-4-3-15-32-23/h3-10,15-17H,11-14H2,1-2H3,(H,27,30). The van der Waals surface area contributed by atoms with Gasteiger partial charge in [-0.25, -0.2) is 0 Å². The smallest absolute Gasteiger partial charge is 0.289 e. The molecule has 172 valence electrons. The van der Waals surface area contributed by atoms with Gasteiger partial charge in [-0.3, -0.25) is 9.59 Å². The fraction of sp³-hybridized carbons (Fsp3) is 0.280. The Hall–Kier alpha value is -3.45. The number of ether oxygens (including phenoxy) is 1. The zero-order valence-electron chi connectivity index (χ0n) is 18.6. The fourth-order valence-corrected chi connectivity index (χ4v) is 4.01. The highest BCUT2D eigenvalue weighted by molar-refractivity contribution is 6.33. The van der Waals surface area contributed by atoms with Crippen molar-refractivity contribution in [3.8, 4) is 5.75 Å². The number of carbonyl (C=O) groups is 2. The van der Waals surface area contributed by atoms with Crippen LogP contribution in [0.4, 0.5) is 11.4 Å². The van der Waals surface area contributed by atoms with Crippen molar-refractivity contribution < 1.29 is 18.7 Å². The molecule has 1 saturated heterocycles. The van der Waals surface area contributed by atoms with Crippen LogP contribution < -0.4 is 15.0 Å². The summed E-state index contributed by atoms with van der Waals surface area (Å²) in [6, 6.07) is 15.9. The van der Waals surface area contributed by atoms with Crippen molar-refractivity contribution in [2.45, 2.75) is 20.0 Å². The number of piperazine rings is 1. The Labute approximate surface area is 197 Å². The summed E-state index contributed by atoms with van der Waals surface area (Å²) in [5.74, 6) is 0.746. The van der Waals surface area contributed by atoms with Crippen molar-refractivity contribution >= 4 is 34.8 Å². The van der Waals surface area contributed by atoms with Crippen LogP contribution in [0.3, 0.4) is 0 Å². The van der Waals surface area contributed by atoms with E-state index in [0.29, 0.717) is 48.2 Å². The Morgan fingerprint density at radius 2 is 1.76 bits per heavy atom. The molecule has 33 heavy (non-hydrogen) atoms. The number of anilines is 2. The van der Waals surface area contributed by atoms with Gasteiger partial charge in [0.05, 0.1) is 23.1 Å². The van der Waals surface area contributed by atoms with E-state index in [1.54, 1.807) is 47.4 Å². The minimum atomic E-state index is -0.222. The van der Waals surface area contributed by atoms with Crippen LogP contribution in [-0.4, -0.2) is 49.0 Å². The summed E-state index contributed by atoms with van der Waals surface area (Å²) in [4.78, 5) is 28.9. The lowest BCUT2D eigenvalue weighted by molar-refractivity contribution is 0.0714. The van der Waals surface area contributed by atoms with E-state index in [4.69, 9.17) is 20.8 Å². The van der Waals surface area contributed by atoms with Crippen molar-refractivity contribution in [3.05, 3.63) is 77.2 Å². The maximum absolute atomic E-state index is 12.6. The van der Waals surface area contributed by atoms with E-state index >= 15 is 0 Å². The lowest BCUT2D eigenvalue weighted by atomic mass is 10.2. The number of benzene rings is 2. The number of hydrogen-bond acceptors (Lipinski definition) is 5. The minimum Gasteiger partial charge on any atom is -0.491 e. The first-order valence-corrected chi connectivity index (χ1v) is 11.2. The van der Waals surface area contributed by atoms with Gasteiger partial charge in [0.1, 0.15) is 5.75 Å². The first kappa shape index (κ1) is 22.7. The number of furan rings is 1. The molecule has 4 rings (SSSR count). The van der Waals surface area contributed by atoms with E-state index in [1.807, 2.05) is 26.0 Å². The molecule has 2 amide bonds. The van der Waals surface area contributed by atoms with Gasteiger partial charge < -0.3 is 24.3 Å². The predicted molar refractivity (Wildman–Crippen MR) is 128 cm³/mol. The maximum Gasteiger partial charge on any atom is 0.289 e. The van der Waals surface area contributed by atoms with E-state index < -0.39 is 0 Å². The molecule has 2 heterocycles. The number of rotatable bonds is 6. The first-order valence-electron chi connectivity index (χ1n) is 10.9. The van der Waals surface area contributed by atoms with Gasteiger partial charge in [0.15, 0.2) is 5.76 Å². The van der Waals surface area contributed by atoms with Gasteiger partial charge in [0.25, 0.3) is 11.8 Å². The third-order valence-electron chi connectivity index (χ3n) is 5.33. The highest BCUT2D eigenvalue weighted by atomic mass is 35.5. The normalized spacial score (nSPS) is 13.8. The van der Waals surface area contributed by atoms with Gasteiger partial charge in [0, 0.05) is 37.4 Å². The Kier molecular flexibility index (Phi) is 6.89. The number of carbonyl (C=O) groups excluding carboxylic acids is 2. The van der Waals surface area contributed by atoms with Crippen LogP contribution in [0.2, 0.25) is 5.02 Å². The van der Waals surface area contributed by atoms with E-state index in [9.17, 15) is 9.59 Å². The third-order valence-corrected chi connectivity index (χ3v) is 5.64. The van der Waals surface area contributed by atoms with Gasteiger partial charge in [-0.05, 0) is 68.4 Å². The zero-order chi connectivity index (χ0) is 23.4. The quantitative estimate of drug-likeness (QED) is 0.556. The van der Waals surface area contributed by atoms with E-state index in [0.717, 1.165) is 11.4 Å². The second kappa shape index (κ2) is 10.0. The summed E-state index contributed by atoms with van der Waals surface area (Å²) >= 11 is 6.54. The fourth-order valence-electron chi connectivity index (χ4n) is 3.71. The van der Waals surface area contributed by atoms with Crippen LogP contribution in [0.5, 0.6) is 5.75 Å². The third kappa shape index (κ3) is 5.49. The molecule has 1 aliphatic rings. The average molecular weight is 468 g/mol. The van der Waals surface area contributed by atoms with Crippen molar-refractivity contribution in [2.24, 2.45) is 0 Å². The van der Waals surface area contributed by atoms with E-state index in [-0.39, 0.29) is 17.9 Å². The number of hydrogen-bond donors (Lipinski definition) is 1. The van der Waals surface area contributed by atoms with Crippen molar-refractivity contribution in [1.29, 1.82) is 0 Å². The molecule has 1 aromatic heterocycles. The van der Waals surface area contributed by atoms with Crippen LogP contribution in [0, 0.1) is 0 Å². The maximum atomic E-state index is 12.6. The van der Waals surface area contributed by atoms with Crippen molar-refractivity contribution in [3.63, 3.8) is 0 Å². The van der Waals surface area contributed by atoms with Crippen LogP contribution in [0.1, 0.15) is 34.8 Å². The molecule has 2 aromatic carbocycles. The van der Waals surface area contributed by atoms with Gasteiger partial charge >= 0.3 is 0 Å². The number of nitrogens with zero attached hydrogens (tertiary/aromatic N) is 2. The van der Waals surface area contributed by atoms with Crippen molar-refractivity contribution in [2.75, 3.05) is 36.4 Å². The molecule has 0 bridgehead atoms. The highest BCUT2D eigenvalue weighted by Gasteiger charge is 2.24. The Bertz CT molecular complexity index is 1110. The highest BCUT2D eigenvalue weighted by Crippen LogP contribution is 2.30. The Balaban J connectivity index is 1.35. The molecule has 0 spiro atoms. The summed E-state index contributed by atoms with van der Waals surface area (Å²) in [5, 5.41) is 3.42. The first-order chi connectivity index (χ1) is 15.9. The lowest BCUT2D eigenvalue weighted by Gasteiger charge is -2.36. The Morgan fingerprint density at radius 3 is 2.36 bits per heavy atom.